The van der Waals surface area contributed by atoms with Gasteiger partial charge in [0.2, 0.25) is 5.95 Å². The third-order valence-corrected chi connectivity index (χ3v) is 5.73. The molecule has 3 N–H and O–H groups in total. The van der Waals surface area contributed by atoms with E-state index < -0.39 is 0 Å². The SMILES string of the molecule is N#Cc1cccc2c1nc(CN)n2-c1nc2c(c(NCc3ccccc3)n1)CCCC2. The molecule has 2 heterocycles. The highest BCUT2D eigenvalue weighted by atomic mass is 15.2. The molecule has 0 amide bonds. The lowest BCUT2D eigenvalue weighted by Crippen LogP contribution is -2.17. The Labute approximate surface area is 180 Å². The molecule has 31 heavy (non-hydrogen) atoms. The van der Waals surface area contributed by atoms with Crippen LogP contribution in [0.2, 0.25) is 0 Å². The molecule has 1 aliphatic rings. The van der Waals surface area contributed by atoms with Crippen LogP contribution < -0.4 is 11.1 Å². The average molecular weight is 409 g/mol. The molecule has 0 atom stereocenters. The molecule has 154 valence electrons. The van der Waals surface area contributed by atoms with Gasteiger partial charge in [-0.1, -0.05) is 36.4 Å². The number of nitrogens with one attached hydrogen (secondary N) is 1. The topological polar surface area (TPSA) is 105 Å². The number of anilines is 1. The Morgan fingerprint density at radius 1 is 1.00 bits per heavy atom. The summed E-state index contributed by atoms with van der Waals surface area (Å²) in [6.45, 7) is 0.920. The molecule has 5 rings (SSSR count). The fourth-order valence-electron chi connectivity index (χ4n) is 4.21. The summed E-state index contributed by atoms with van der Waals surface area (Å²) in [5.74, 6) is 2.06. The second kappa shape index (κ2) is 8.17. The average Bonchev–Trinajstić information content (AvgIpc) is 3.22. The maximum Gasteiger partial charge on any atom is 0.237 e. The number of hydrogen-bond acceptors (Lipinski definition) is 6. The minimum absolute atomic E-state index is 0.229. The quantitative estimate of drug-likeness (QED) is 0.521. The van der Waals surface area contributed by atoms with Crippen molar-refractivity contribution >= 4 is 16.9 Å². The van der Waals surface area contributed by atoms with Gasteiger partial charge in [-0.15, -0.1) is 0 Å². The van der Waals surface area contributed by atoms with Crippen molar-refractivity contribution in [1.82, 2.24) is 19.5 Å². The van der Waals surface area contributed by atoms with Gasteiger partial charge in [-0.3, -0.25) is 4.57 Å². The van der Waals surface area contributed by atoms with Gasteiger partial charge in [-0.25, -0.2) is 9.97 Å². The van der Waals surface area contributed by atoms with Crippen LogP contribution >= 0.6 is 0 Å². The summed E-state index contributed by atoms with van der Waals surface area (Å²) in [6.07, 6.45) is 4.16. The van der Waals surface area contributed by atoms with Crippen LogP contribution in [-0.2, 0) is 25.9 Å². The van der Waals surface area contributed by atoms with Crippen LogP contribution in [0, 0.1) is 11.3 Å². The van der Waals surface area contributed by atoms with Gasteiger partial charge in [0, 0.05) is 12.1 Å². The van der Waals surface area contributed by atoms with E-state index in [4.69, 9.17) is 15.7 Å². The van der Waals surface area contributed by atoms with Crippen molar-refractivity contribution in [1.29, 1.82) is 5.26 Å². The third-order valence-electron chi connectivity index (χ3n) is 5.73. The third kappa shape index (κ3) is 3.51. The first kappa shape index (κ1) is 19.2. The summed E-state index contributed by atoms with van der Waals surface area (Å²) >= 11 is 0. The highest BCUT2D eigenvalue weighted by molar-refractivity contribution is 5.83. The summed E-state index contributed by atoms with van der Waals surface area (Å²) in [5.41, 5.74) is 11.4. The molecule has 0 radical (unpaired) electrons. The molecule has 0 spiro atoms. The molecular weight excluding hydrogens is 386 g/mol. The Hall–Kier alpha value is -3.76. The molecule has 0 saturated carbocycles. The van der Waals surface area contributed by atoms with Crippen LogP contribution in [0.1, 0.15) is 41.1 Å². The summed E-state index contributed by atoms with van der Waals surface area (Å²) < 4.78 is 1.89. The van der Waals surface area contributed by atoms with E-state index in [2.05, 4.69) is 28.5 Å². The Morgan fingerprint density at radius 2 is 1.84 bits per heavy atom. The van der Waals surface area contributed by atoms with E-state index in [-0.39, 0.29) is 6.54 Å². The van der Waals surface area contributed by atoms with Crippen molar-refractivity contribution in [3.8, 4) is 12.0 Å². The van der Waals surface area contributed by atoms with Gasteiger partial charge in [-0.2, -0.15) is 10.2 Å². The highest BCUT2D eigenvalue weighted by Crippen LogP contribution is 2.29. The number of para-hydroxylation sites is 1. The summed E-state index contributed by atoms with van der Waals surface area (Å²) in [4.78, 5) is 14.5. The van der Waals surface area contributed by atoms with Gasteiger partial charge in [0.15, 0.2) is 0 Å². The zero-order valence-corrected chi connectivity index (χ0v) is 17.2. The summed E-state index contributed by atoms with van der Waals surface area (Å²) in [5, 5.41) is 13.0. The number of benzene rings is 2. The van der Waals surface area contributed by atoms with Gasteiger partial charge in [0.1, 0.15) is 23.2 Å². The molecule has 7 nitrogen and oxygen atoms in total. The fraction of sp³-hybridized carbons (Fsp3) is 0.250. The van der Waals surface area contributed by atoms with Crippen LogP contribution in [-0.4, -0.2) is 19.5 Å². The summed E-state index contributed by atoms with van der Waals surface area (Å²) in [6, 6.07) is 18.1. The Morgan fingerprint density at radius 3 is 2.65 bits per heavy atom. The number of imidazole rings is 1. The molecule has 0 fully saturated rings. The van der Waals surface area contributed by atoms with Gasteiger partial charge in [0.05, 0.1) is 23.3 Å². The molecule has 2 aromatic carbocycles. The molecule has 0 bridgehead atoms. The van der Waals surface area contributed by atoms with Gasteiger partial charge in [0.25, 0.3) is 0 Å². The van der Waals surface area contributed by atoms with E-state index in [0.29, 0.717) is 29.4 Å². The van der Waals surface area contributed by atoms with Crippen molar-refractivity contribution in [2.24, 2.45) is 5.73 Å². The monoisotopic (exact) mass is 409 g/mol. The zero-order valence-electron chi connectivity index (χ0n) is 17.2. The first-order chi connectivity index (χ1) is 15.3. The first-order valence-electron chi connectivity index (χ1n) is 10.6. The lowest BCUT2D eigenvalue weighted by molar-refractivity contribution is 0.657. The molecule has 0 aliphatic heterocycles. The van der Waals surface area contributed by atoms with E-state index >= 15 is 0 Å². The molecule has 4 aromatic rings. The fourth-order valence-corrected chi connectivity index (χ4v) is 4.21. The number of hydrogen-bond donors (Lipinski definition) is 2. The number of aromatic nitrogens is 4. The Balaban J connectivity index is 1.64. The second-order valence-corrected chi connectivity index (χ2v) is 7.70. The zero-order chi connectivity index (χ0) is 21.2. The van der Waals surface area contributed by atoms with Crippen LogP contribution in [0.15, 0.2) is 48.5 Å². The van der Waals surface area contributed by atoms with Crippen molar-refractivity contribution in [2.75, 3.05) is 5.32 Å². The largest absolute Gasteiger partial charge is 0.366 e. The van der Waals surface area contributed by atoms with Crippen LogP contribution in [0.4, 0.5) is 5.82 Å². The predicted octanol–water partition coefficient (Wildman–Crippen LogP) is 3.64. The molecule has 0 saturated heterocycles. The molecule has 7 heteroatoms. The smallest absolute Gasteiger partial charge is 0.237 e. The van der Waals surface area contributed by atoms with Crippen LogP contribution in [0.25, 0.3) is 17.0 Å². The minimum atomic E-state index is 0.229. The first-order valence-corrected chi connectivity index (χ1v) is 10.6. The number of fused-ring (bicyclic) bond motifs is 2. The Kier molecular flexibility index (Phi) is 5.06. The van der Waals surface area contributed by atoms with Gasteiger partial charge in [-0.05, 0) is 43.4 Å². The van der Waals surface area contributed by atoms with Crippen LogP contribution in [0.5, 0.6) is 0 Å². The van der Waals surface area contributed by atoms with Gasteiger partial charge >= 0.3 is 0 Å². The van der Waals surface area contributed by atoms with E-state index in [9.17, 15) is 5.26 Å². The van der Waals surface area contributed by atoms with Crippen molar-refractivity contribution in [3.63, 3.8) is 0 Å². The lowest BCUT2D eigenvalue weighted by atomic mass is 9.96. The maximum absolute atomic E-state index is 9.49. The second-order valence-electron chi connectivity index (χ2n) is 7.70. The lowest BCUT2D eigenvalue weighted by Gasteiger charge is -2.20. The van der Waals surface area contributed by atoms with Crippen LogP contribution in [0.3, 0.4) is 0 Å². The van der Waals surface area contributed by atoms with E-state index in [1.54, 1.807) is 6.07 Å². The predicted molar refractivity (Wildman–Crippen MR) is 120 cm³/mol. The number of aryl methyl sites for hydroxylation is 1. The minimum Gasteiger partial charge on any atom is -0.366 e. The number of nitriles is 1. The Bertz CT molecular complexity index is 1290. The van der Waals surface area contributed by atoms with Gasteiger partial charge < -0.3 is 11.1 Å². The summed E-state index contributed by atoms with van der Waals surface area (Å²) in [7, 11) is 0. The van der Waals surface area contributed by atoms with E-state index in [0.717, 1.165) is 42.7 Å². The standard InChI is InChI=1S/C24H23N7/c25-13-17-9-6-12-20-22(17)29-21(14-26)31(20)24-28-19-11-5-4-10-18(19)23(30-24)27-15-16-7-2-1-3-8-16/h1-3,6-9,12H,4-5,10-11,14-15,26H2,(H,27,28,30). The number of rotatable bonds is 5. The number of nitrogens with zero attached hydrogens (tertiary/aromatic N) is 5. The van der Waals surface area contributed by atoms with E-state index in [1.807, 2.05) is 34.9 Å². The molecule has 0 unspecified atom stereocenters. The highest BCUT2D eigenvalue weighted by Gasteiger charge is 2.22. The normalized spacial score (nSPS) is 13.0. The van der Waals surface area contributed by atoms with Crippen molar-refractivity contribution in [3.05, 3.63) is 76.7 Å². The van der Waals surface area contributed by atoms with E-state index in [1.165, 1.54) is 11.1 Å². The number of nitrogens with two attached hydrogens (primary N) is 1. The maximum atomic E-state index is 9.49. The molecule has 2 aromatic heterocycles. The molecular formula is C24H23N7. The molecule has 1 aliphatic carbocycles. The van der Waals surface area contributed by atoms with Crippen molar-refractivity contribution in [2.45, 2.75) is 38.8 Å². The van der Waals surface area contributed by atoms with Crippen molar-refractivity contribution < 1.29 is 0 Å².